The van der Waals surface area contributed by atoms with Gasteiger partial charge in [-0.3, -0.25) is 0 Å². The van der Waals surface area contributed by atoms with Crippen LogP contribution in [-0.4, -0.2) is 47.3 Å². The maximum Gasteiger partial charge on any atom is 0.329 e. The van der Waals surface area contributed by atoms with Gasteiger partial charge in [0.2, 0.25) is 0 Å². The van der Waals surface area contributed by atoms with E-state index in [1.807, 2.05) is 0 Å². The van der Waals surface area contributed by atoms with Crippen molar-refractivity contribution in [1.82, 2.24) is 4.90 Å². The van der Waals surface area contributed by atoms with Gasteiger partial charge in [0, 0.05) is 10.7 Å². The molecule has 0 bridgehead atoms. The highest BCUT2D eigenvalue weighted by Gasteiger charge is 2.42. The molecule has 108 valence electrons. The first-order chi connectivity index (χ1) is 9.38. The minimum atomic E-state index is -1.02. The third kappa shape index (κ3) is 3.61. The molecule has 0 unspecified atom stereocenters. The van der Waals surface area contributed by atoms with Crippen LogP contribution >= 0.6 is 11.6 Å². The third-order valence-corrected chi connectivity index (χ3v) is 3.23. The molecular weight excluding hydrogens is 284 g/mol. The first-order valence-electron chi connectivity index (χ1n) is 6.05. The monoisotopic (exact) mass is 298 g/mol. The van der Waals surface area contributed by atoms with E-state index in [9.17, 15) is 9.59 Å². The molecule has 20 heavy (non-hydrogen) atoms. The summed E-state index contributed by atoms with van der Waals surface area (Å²) < 4.78 is 5.23. The Bertz CT molecular complexity index is 512. The van der Waals surface area contributed by atoms with Gasteiger partial charge < -0.3 is 20.1 Å². The molecule has 6 nitrogen and oxygen atoms in total. The lowest BCUT2D eigenvalue weighted by Crippen LogP contribution is -2.64. The number of hydrogen-bond acceptors (Lipinski definition) is 3. The van der Waals surface area contributed by atoms with Crippen LogP contribution in [0.5, 0.6) is 0 Å². The van der Waals surface area contributed by atoms with Crippen LogP contribution in [0.2, 0.25) is 5.02 Å². The molecule has 2 N–H and O–H groups in total. The van der Waals surface area contributed by atoms with Crippen molar-refractivity contribution in [3.63, 3.8) is 0 Å². The normalized spacial score (nSPS) is 16.4. The zero-order chi connectivity index (χ0) is 14.8. The Hall–Kier alpha value is -1.79. The number of likely N-dealkylation sites (tertiary alicyclic amines) is 1. The molecule has 1 aromatic rings. The summed E-state index contributed by atoms with van der Waals surface area (Å²) in [6.45, 7) is 2.14. The summed E-state index contributed by atoms with van der Waals surface area (Å²) in [6.07, 6.45) is 0. The Kier molecular flexibility index (Phi) is 4.15. The summed E-state index contributed by atoms with van der Waals surface area (Å²) in [5.74, 6) is -1.02. The van der Waals surface area contributed by atoms with Crippen molar-refractivity contribution in [2.75, 3.05) is 25.0 Å². The van der Waals surface area contributed by atoms with E-state index in [0.717, 1.165) is 0 Å². The van der Waals surface area contributed by atoms with E-state index in [0.29, 0.717) is 23.8 Å². The van der Waals surface area contributed by atoms with Gasteiger partial charge in [0.25, 0.3) is 0 Å². The minimum absolute atomic E-state index is 0.247. The van der Waals surface area contributed by atoms with Crippen molar-refractivity contribution in [3.8, 4) is 0 Å². The van der Waals surface area contributed by atoms with Crippen molar-refractivity contribution in [1.29, 1.82) is 0 Å². The Morgan fingerprint density at radius 1 is 1.40 bits per heavy atom. The fourth-order valence-electron chi connectivity index (χ4n) is 1.97. The summed E-state index contributed by atoms with van der Waals surface area (Å²) in [7, 11) is 0. The third-order valence-electron chi connectivity index (χ3n) is 2.98. The first kappa shape index (κ1) is 14.6. The van der Waals surface area contributed by atoms with Gasteiger partial charge in [0.15, 0.2) is 0 Å². The number of urea groups is 1. The maximum absolute atomic E-state index is 11.9. The number of nitrogens with zero attached hydrogens (tertiary/aromatic N) is 1. The summed E-state index contributed by atoms with van der Waals surface area (Å²) in [6, 6.07) is 6.55. The molecule has 0 radical (unpaired) electrons. The molecule has 0 atom stereocenters. The zero-order valence-corrected chi connectivity index (χ0v) is 11.7. The van der Waals surface area contributed by atoms with E-state index in [1.54, 1.807) is 36.1 Å². The number of carboxylic acid groups (broad SMARTS) is 1. The van der Waals surface area contributed by atoms with Crippen LogP contribution < -0.4 is 5.32 Å². The van der Waals surface area contributed by atoms with Crippen molar-refractivity contribution in [3.05, 3.63) is 29.3 Å². The molecular formula is C13H15ClN2O4. The smallest absolute Gasteiger partial charge is 0.329 e. The predicted octanol–water partition coefficient (Wildman–Crippen LogP) is 2.05. The number of anilines is 1. The molecule has 0 spiro atoms. The van der Waals surface area contributed by atoms with Crippen molar-refractivity contribution >= 4 is 29.3 Å². The Morgan fingerprint density at radius 2 is 2.00 bits per heavy atom. The van der Waals surface area contributed by atoms with Crippen LogP contribution in [0.15, 0.2) is 24.3 Å². The van der Waals surface area contributed by atoms with Crippen LogP contribution in [0.4, 0.5) is 10.5 Å². The number of carbonyl (C=O) groups excluding carboxylic acids is 1. The Morgan fingerprint density at radius 3 is 2.55 bits per heavy atom. The summed E-state index contributed by atoms with van der Waals surface area (Å²) in [5, 5.41) is 11.9. The molecule has 0 saturated carbocycles. The number of ether oxygens (including phenoxy) is 1. The van der Waals surface area contributed by atoms with Crippen LogP contribution in [0.1, 0.15) is 6.92 Å². The molecule has 0 aliphatic carbocycles. The average molecular weight is 299 g/mol. The van der Waals surface area contributed by atoms with Gasteiger partial charge >= 0.3 is 12.0 Å². The molecule has 1 heterocycles. The lowest BCUT2D eigenvalue weighted by molar-refractivity contribution is -0.159. The van der Waals surface area contributed by atoms with Crippen molar-refractivity contribution < 1.29 is 19.4 Å². The van der Waals surface area contributed by atoms with E-state index in [1.165, 1.54) is 0 Å². The topological polar surface area (TPSA) is 78.9 Å². The van der Waals surface area contributed by atoms with Gasteiger partial charge in [-0.15, -0.1) is 0 Å². The molecule has 1 aliphatic rings. The highest BCUT2D eigenvalue weighted by atomic mass is 35.5. The van der Waals surface area contributed by atoms with Crippen molar-refractivity contribution in [2.24, 2.45) is 0 Å². The summed E-state index contributed by atoms with van der Waals surface area (Å²) >= 11 is 5.76. The molecule has 0 aromatic heterocycles. The molecule has 1 saturated heterocycles. The molecule has 1 aromatic carbocycles. The minimum Gasteiger partial charge on any atom is -0.480 e. The van der Waals surface area contributed by atoms with E-state index >= 15 is 0 Å². The second kappa shape index (κ2) is 5.68. The molecule has 2 rings (SSSR count). The number of carbonyl (C=O) groups is 2. The number of carboxylic acids is 1. The fraction of sp³-hybridized carbons (Fsp3) is 0.385. The number of amides is 2. The summed E-state index contributed by atoms with van der Waals surface area (Å²) in [4.78, 5) is 23.9. The number of nitrogens with one attached hydrogen (secondary N) is 1. The van der Waals surface area contributed by atoms with Crippen LogP contribution in [0.3, 0.4) is 0 Å². The second-order valence-electron chi connectivity index (χ2n) is 4.93. The lowest BCUT2D eigenvalue weighted by Gasteiger charge is -2.46. The van der Waals surface area contributed by atoms with Crippen molar-refractivity contribution in [2.45, 2.75) is 12.5 Å². The highest BCUT2D eigenvalue weighted by molar-refractivity contribution is 6.30. The number of hydrogen-bond donors (Lipinski definition) is 2. The van der Waals surface area contributed by atoms with Crippen LogP contribution in [0, 0.1) is 0 Å². The van der Waals surface area contributed by atoms with E-state index in [2.05, 4.69) is 5.32 Å². The largest absolute Gasteiger partial charge is 0.480 e. The Balaban J connectivity index is 1.81. The number of aliphatic carboxylic acids is 1. The van der Waals surface area contributed by atoms with E-state index in [4.69, 9.17) is 21.4 Å². The van der Waals surface area contributed by atoms with Gasteiger partial charge in [0.05, 0.1) is 13.1 Å². The standard InChI is InChI=1S/C13H15ClN2O4/c1-13(20-6-11(17)18)7-16(8-13)12(19)15-10-4-2-9(14)3-5-10/h2-5H,6-8H2,1H3,(H,15,19)(H,17,18). The first-order valence-corrected chi connectivity index (χ1v) is 6.43. The summed E-state index contributed by atoms with van der Waals surface area (Å²) in [5.41, 5.74) is 0.0647. The quantitative estimate of drug-likeness (QED) is 0.891. The fourth-order valence-corrected chi connectivity index (χ4v) is 2.09. The van der Waals surface area contributed by atoms with E-state index < -0.39 is 11.6 Å². The Labute approximate surface area is 121 Å². The molecule has 2 amide bonds. The molecule has 1 aliphatic heterocycles. The molecule has 7 heteroatoms. The number of benzene rings is 1. The van der Waals surface area contributed by atoms with Gasteiger partial charge in [-0.2, -0.15) is 0 Å². The number of rotatable bonds is 4. The predicted molar refractivity (Wildman–Crippen MR) is 74.0 cm³/mol. The number of halogens is 1. The SMILES string of the molecule is CC1(OCC(=O)O)CN(C(=O)Nc2ccc(Cl)cc2)C1. The van der Waals surface area contributed by atoms with Crippen LogP contribution in [0.25, 0.3) is 0 Å². The van der Waals surface area contributed by atoms with Crippen LogP contribution in [-0.2, 0) is 9.53 Å². The van der Waals surface area contributed by atoms with Gasteiger partial charge in [-0.05, 0) is 31.2 Å². The van der Waals surface area contributed by atoms with E-state index in [-0.39, 0.29) is 12.6 Å². The maximum atomic E-state index is 11.9. The second-order valence-corrected chi connectivity index (χ2v) is 5.36. The average Bonchev–Trinajstić information content (AvgIpc) is 2.35. The highest BCUT2D eigenvalue weighted by Crippen LogP contribution is 2.25. The van der Waals surface area contributed by atoms with Gasteiger partial charge in [-0.25, -0.2) is 9.59 Å². The van der Waals surface area contributed by atoms with Gasteiger partial charge in [-0.1, -0.05) is 11.6 Å². The van der Waals surface area contributed by atoms with Gasteiger partial charge in [0.1, 0.15) is 12.2 Å². The zero-order valence-electron chi connectivity index (χ0n) is 10.9. The molecule has 1 fully saturated rings. The lowest BCUT2D eigenvalue weighted by atomic mass is 9.97.